The number of carbonyl (C=O) groups excluding carboxylic acids is 2. The fourth-order valence-electron chi connectivity index (χ4n) is 7.10. The topological polar surface area (TPSA) is 102 Å². The molecule has 8 nitrogen and oxygen atoms in total. The summed E-state index contributed by atoms with van der Waals surface area (Å²) in [4.78, 5) is 26.4. The van der Waals surface area contributed by atoms with Crippen LogP contribution in [0.3, 0.4) is 0 Å². The van der Waals surface area contributed by atoms with E-state index in [1.54, 1.807) is 0 Å². The molecule has 36 heavy (non-hydrogen) atoms. The molecule has 0 unspecified atom stereocenters. The van der Waals surface area contributed by atoms with E-state index in [4.69, 9.17) is 0 Å². The fraction of sp³-hybridized carbons (Fsp3) is 0.464. The monoisotopic (exact) mass is 484 g/mol. The van der Waals surface area contributed by atoms with E-state index in [1.165, 1.54) is 29.5 Å². The Balaban J connectivity index is 1.19. The van der Waals surface area contributed by atoms with Gasteiger partial charge in [0.1, 0.15) is 6.54 Å². The Labute approximate surface area is 210 Å². The zero-order chi connectivity index (χ0) is 24.7. The molecule has 2 aromatic carbocycles. The summed E-state index contributed by atoms with van der Waals surface area (Å²) in [5, 5.41) is 18.2. The summed E-state index contributed by atoms with van der Waals surface area (Å²) in [5.74, 6) is 2.45. The third kappa shape index (κ3) is 4.29. The minimum Gasteiger partial charge on any atom is -0.325 e. The van der Waals surface area contributed by atoms with E-state index < -0.39 is 0 Å². The average molecular weight is 485 g/mol. The van der Waals surface area contributed by atoms with Crippen molar-refractivity contribution < 1.29 is 9.59 Å². The predicted octanol–water partition coefficient (Wildman–Crippen LogP) is 4.70. The normalized spacial score (nSPS) is 26.1. The quantitative estimate of drug-likeness (QED) is 0.506. The molecule has 2 amide bonds. The van der Waals surface area contributed by atoms with E-state index in [2.05, 4.69) is 33.1 Å². The zero-order valence-corrected chi connectivity index (χ0v) is 20.6. The summed E-state index contributed by atoms with van der Waals surface area (Å²) in [6.45, 7) is 2.06. The van der Waals surface area contributed by atoms with Gasteiger partial charge in [-0.1, -0.05) is 31.2 Å². The van der Waals surface area contributed by atoms with Crippen LogP contribution in [-0.4, -0.2) is 32.0 Å². The highest BCUT2D eigenvalue weighted by molar-refractivity contribution is 5.98. The van der Waals surface area contributed by atoms with Gasteiger partial charge >= 0.3 is 0 Å². The van der Waals surface area contributed by atoms with E-state index >= 15 is 0 Å². The number of para-hydroxylation sites is 1. The van der Waals surface area contributed by atoms with Crippen LogP contribution < -0.4 is 10.6 Å². The summed E-state index contributed by atoms with van der Waals surface area (Å²) in [6, 6.07) is 15.4. The number of tetrazole rings is 1. The van der Waals surface area contributed by atoms with Gasteiger partial charge in [0.05, 0.1) is 11.1 Å². The number of rotatable bonds is 7. The van der Waals surface area contributed by atoms with Crippen LogP contribution >= 0.6 is 0 Å². The Hall–Kier alpha value is -3.55. The predicted molar refractivity (Wildman–Crippen MR) is 137 cm³/mol. The van der Waals surface area contributed by atoms with Gasteiger partial charge in [-0.25, -0.2) is 4.68 Å². The van der Waals surface area contributed by atoms with Crippen LogP contribution in [0.2, 0.25) is 0 Å². The molecule has 0 saturated heterocycles. The van der Waals surface area contributed by atoms with Crippen molar-refractivity contribution in [2.75, 3.05) is 10.6 Å². The van der Waals surface area contributed by atoms with Gasteiger partial charge in [0.2, 0.25) is 11.8 Å². The first-order valence-electron chi connectivity index (χ1n) is 13.1. The van der Waals surface area contributed by atoms with Crippen LogP contribution in [0.1, 0.15) is 51.0 Å². The van der Waals surface area contributed by atoms with Crippen LogP contribution in [0.15, 0.2) is 48.5 Å². The first-order valence-corrected chi connectivity index (χ1v) is 13.1. The second-order valence-corrected chi connectivity index (χ2v) is 11.0. The van der Waals surface area contributed by atoms with Crippen LogP contribution in [0.4, 0.5) is 11.4 Å². The lowest BCUT2D eigenvalue weighted by Crippen LogP contribution is -2.51. The van der Waals surface area contributed by atoms with Crippen molar-refractivity contribution in [1.82, 2.24) is 20.2 Å². The summed E-state index contributed by atoms with van der Waals surface area (Å²) in [7, 11) is 0. The van der Waals surface area contributed by atoms with Crippen molar-refractivity contribution in [1.29, 1.82) is 0 Å². The maximum absolute atomic E-state index is 13.7. The van der Waals surface area contributed by atoms with Gasteiger partial charge in [-0.15, -0.1) is 5.10 Å². The second kappa shape index (κ2) is 9.15. The van der Waals surface area contributed by atoms with E-state index in [1.807, 2.05) is 48.5 Å². The minimum atomic E-state index is -0.249. The van der Waals surface area contributed by atoms with E-state index in [0.29, 0.717) is 34.8 Å². The second-order valence-electron chi connectivity index (χ2n) is 11.0. The van der Waals surface area contributed by atoms with Crippen molar-refractivity contribution in [3.8, 4) is 11.4 Å². The summed E-state index contributed by atoms with van der Waals surface area (Å²) in [6.07, 6.45) is 7.84. The van der Waals surface area contributed by atoms with Crippen molar-refractivity contribution >= 4 is 23.2 Å². The number of benzene rings is 2. The number of nitrogens with one attached hydrogen (secondary N) is 2. The summed E-state index contributed by atoms with van der Waals surface area (Å²) in [5.41, 5.74) is 3.09. The molecular weight excluding hydrogens is 452 g/mol. The lowest BCUT2D eigenvalue weighted by Gasteiger charge is -2.55. The molecule has 1 heterocycles. The number of carbonyl (C=O) groups is 2. The fourth-order valence-corrected chi connectivity index (χ4v) is 7.10. The van der Waals surface area contributed by atoms with Crippen LogP contribution in [-0.2, 0) is 22.6 Å². The Morgan fingerprint density at radius 2 is 1.61 bits per heavy atom. The van der Waals surface area contributed by atoms with Gasteiger partial charge in [-0.2, -0.15) is 0 Å². The zero-order valence-electron chi connectivity index (χ0n) is 20.6. The highest BCUT2D eigenvalue weighted by Crippen LogP contribution is 2.60. The van der Waals surface area contributed by atoms with Crippen molar-refractivity contribution in [3.05, 3.63) is 54.1 Å². The number of amides is 2. The van der Waals surface area contributed by atoms with Crippen molar-refractivity contribution in [2.45, 2.75) is 58.4 Å². The molecule has 3 aromatic rings. The Bertz CT molecular complexity index is 1250. The number of aromatic nitrogens is 4. The number of aryl methyl sites for hydroxylation is 1. The van der Waals surface area contributed by atoms with E-state index in [-0.39, 0.29) is 23.8 Å². The molecule has 4 aliphatic rings. The number of hydrogen-bond acceptors (Lipinski definition) is 5. The average Bonchev–Trinajstić information content (AvgIpc) is 3.31. The number of hydrogen-bond donors (Lipinski definition) is 2. The third-order valence-electron chi connectivity index (χ3n) is 8.41. The molecule has 4 aliphatic carbocycles. The molecule has 4 saturated carbocycles. The number of anilines is 2. The van der Waals surface area contributed by atoms with E-state index in [9.17, 15) is 9.59 Å². The van der Waals surface area contributed by atoms with Gasteiger partial charge in [0.25, 0.3) is 0 Å². The van der Waals surface area contributed by atoms with Crippen LogP contribution in [0, 0.1) is 23.2 Å². The highest BCUT2D eigenvalue weighted by atomic mass is 16.2. The summed E-state index contributed by atoms with van der Waals surface area (Å²) < 4.78 is 1.48. The third-order valence-corrected chi connectivity index (χ3v) is 8.41. The smallest absolute Gasteiger partial charge is 0.246 e. The minimum absolute atomic E-state index is 0.0326. The number of nitrogens with zero attached hydrogens (tertiary/aromatic N) is 4. The molecule has 186 valence electrons. The molecule has 0 spiro atoms. The molecule has 4 fully saturated rings. The maximum Gasteiger partial charge on any atom is 0.246 e. The van der Waals surface area contributed by atoms with Gasteiger partial charge < -0.3 is 10.6 Å². The lowest BCUT2D eigenvalue weighted by atomic mass is 9.49. The first kappa shape index (κ1) is 22.9. The van der Waals surface area contributed by atoms with Crippen LogP contribution in [0.25, 0.3) is 11.4 Å². The Morgan fingerprint density at radius 1 is 0.944 bits per heavy atom. The van der Waals surface area contributed by atoms with Gasteiger partial charge in [0, 0.05) is 11.3 Å². The SMILES string of the molecule is CCc1ccc(NC(=O)Cn2nnnc2-c2ccccc2NC(=O)C23CC4CC(CC(C4)C2)C3)cc1. The molecule has 8 heteroatoms. The molecule has 0 radical (unpaired) electrons. The molecular formula is C28H32N6O2. The standard InChI is InChI=1S/C28H32N6O2/c1-2-18-7-9-22(10-8-18)29-25(35)17-34-26(31-32-33-34)23-5-3-4-6-24(23)30-27(36)28-14-19-11-20(15-28)13-21(12-19)16-28/h3-10,19-21H,2,11-17H2,1H3,(H,29,35)(H,30,36). The molecule has 7 rings (SSSR count). The Kier molecular flexibility index (Phi) is 5.82. The van der Waals surface area contributed by atoms with E-state index in [0.717, 1.165) is 31.4 Å². The molecule has 0 atom stereocenters. The largest absolute Gasteiger partial charge is 0.325 e. The van der Waals surface area contributed by atoms with Crippen molar-refractivity contribution in [3.63, 3.8) is 0 Å². The van der Waals surface area contributed by atoms with Gasteiger partial charge in [-0.05, 0) is 103 Å². The van der Waals surface area contributed by atoms with Crippen LogP contribution in [0.5, 0.6) is 0 Å². The molecule has 2 N–H and O–H groups in total. The summed E-state index contributed by atoms with van der Waals surface area (Å²) >= 11 is 0. The highest BCUT2D eigenvalue weighted by Gasteiger charge is 2.54. The maximum atomic E-state index is 13.7. The molecule has 1 aromatic heterocycles. The van der Waals surface area contributed by atoms with Crippen molar-refractivity contribution in [2.24, 2.45) is 23.2 Å². The molecule has 4 bridgehead atoms. The van der Waals surface area contributed by atoms with Gasteiger partial charge in [0.15, 0.2) is 5.82 Å². The first-order chi connectivity index (χ1) is 17.5. The Morgan fingerprint density at radius 3 is 2.28 bits per heavy atom. The molecule has 0 aliphatic heterocycles. The lowest BCUT2D eigenvalue weighted by molar-refractivity contribution is -0.140. The van der Waals surface area contributed by atoms with Gasteiger partial charge in [-0.3, -0.25) is 9.59 Å².